The van der Waals surface area contributed by atoms with Gasteiger partial charge in [0.1, 0.15) is 0 Å². The van der Waals surface area contributed by atoms with Crippen LogP contribution in [0.25, 0.3) is 10.8 Å². The van der Waals surface area contributed by atoms with Crippen LogP contribution in [0.1, 0.15) is 37.4 Å². The first-order chi connectivity index (χ1) is 9.06. The second-order valence-electron chi connectivity index (χ2n) is 5.42. The lowest BCUT2D eigenvalue weighted by atomic mass is 9.88. The summed E-state index contributed by atoms with van der Waals surface area (Å²) in [6.45, 7) is 6.22. The summed E-state index contributed by atoms with van der Waals surface area (Å²) in [5, 5.41) is 12.7. The zero-order chi connectivity index (χ0) is 14.0. The van der Waals surface area contributed by atoms with Gasteiger partial charge >= 0.3 is 0 Å². The fourth-order valence-corrected chi connectivity index (χ4v) is 2.54. The van der Waals surface area contributed by atoms with Crippen molar-refractivity contribution in [1.29, 1.82) is 0 Å². The fourth-order valence-electron chi connectivity index (χ4n) is 2.54. The third-order valence-electron chi connectivity index (χ3n) is 4.13. The summed E-state index contributed by atoms with van der Waals surface area (Å²) >= 11 is 0. The number of benzene rings is 2. The molecule has 19 heavy (non-hydrogen) atoms. The van der Waals surface area contributed by atoms with E-state index in [4.69, 9.17) is 5.73 Å². The Morgan fingerprint density at radius 1 is 1.11 bits per heavy atom. The highest BCUT2D eigenvalue weighted by Gasteiger charge is 2.23. The van der Waals surface area contributed by atoms with Crippen LogP contribution < -0.4 is 5.73 Å². The summed E-state index contributed by atoms with van der Waals surface area (Å²) in [5.74, 6) is 0.204. The first-order valence-electron chi connectivity index (χ1n) is 6.98. The lowest BCUT2D eigenvalue weighted by Crippen LogP contribution is -2.31. The van der Waals surface area contributed by atoms with Crippen molar-refractivity contribution >= 4 is 10.8 Å². The van der Waals surface area contributed by atoms with Crippen LogP contribution in [0.5, 0.6) is 0 Å². The van der Waals surface area contributed by atoms with Crippen LogP contribution in [0.4, 0.5) is 0 Å². The monoisotopic (exact) mass is 257 g/mol. The highest BCUT2D eigenvalue weighted by atomic mass is 16.3. The number of rotatable bonds is 4. The lowest BCUT2D eigenvalue weighted by molar-refractivity contribution is 0.0884. The summed E-state index contributed by atoms with van der Waals surface area (Å²) in [6, 6.07) is 12.1. The van der Waals surface area contributed by atoms with Crippen molar-refractivity contribution in [3.63, 3.8) is 0 Å². The van der Waals surface area contributed by atoms with Crippen molar-refractivity contribution in [2.24, 2.45) is 11.7 Å². The highest BCUT2D eigenvalue weighted by molar-refractivity contribution is 5.88. The first-order valence-corrected chi connectivity index (χ1v) is 6.98. The van der Waals surface area contributed by atoms with E-state index in [1.54, 1.807) is 0 Å². The summed E-state index contributed by atoms with van der Waals surface area (Å²) in [7, 11) is 0. The van der Waals surface area contributed by atoms with Gasteiger partial charge in [-0.1, -0.05) is 56.7 Å². The molecule has 2 nitrogen and oxygen atoms in total. The molecule has 0 aliphatic rings. The molecule has 0 bridgehead atoms. The molecule has 0 amide bonds. The van der Waals surface area contributed by atoms with Gasteiger partial charge in [0.05, 0.1) is 12.1 Å². The molecule has 0 saturated heterocycles. The van der Waals surface area contributed by atoms with Crippen LogP contribution in [-0.4, -0.2) is 11.2 Å². The van der Waals surface area contributed by atoms with Gasteiger partial charge in [-0.3, -0.25) is 0 Å². The van der Waals surface area contributed by atoms with E-state index in [2.05, 4.69) is 32.0 Å². The van der Waals surface area contributed by atoms with Gasteiger partial charge in [0.25, 0.3) is 0 Å². The summed E-state index contributed by atoms with van der Waals surface area (Å²) in [4.78, 5) is 0. The number of fused-ring (bicyclic) bond motifs is 1. The maximum absolute atomic E-state index is 10.3. The van der Waals surface area contributed by atoms with Crippen LogP contribution in [0.15, 0.2) is 36.4 Å². The van der Waals surface area contributed by atoms with Crippen molar-refractivity contribution in [2.75, 3.05) is 0 Å². The van der Waals surface area contributed by atoms with E-state index in [0.717, 1.165) is 17.4 Å². The van der Waals surface area contributed by atoms with E-state index in [-0.39, 0.29) is 12.0 Å². The molecular formula is C17H23NO. The second-order valence-corrected chi connectivity index (χ2v) is 5.42. The molecule has 3 N–H and O–H groups in total. The number of nitrogens with two attached hydrogens (primary N) is 1. The predicted molar refractivity (Wildman–Crippen MR) is 81.1 cm³/mol. The molecule has 2 aromatic carbocycles. The molecule has 1 unspecified atom stereocenters. The van der Waals surface area contributed by atoms with Gasteiger partial charge in [0.15, 0.2) is 0 Å². The number of aliphatic hydroxyl groups excluding tert-OH is 1. The Kier molecular flexibility index (Phi) is 4.23. The Morgan fingerprint density at radius 3 is 2.37 bits per heavy atom. The van der Waals surface area contributed by atoms with Crippen molar-refractivity contribution in [1.82, 2.24) is 0 Å². The molecule has 0 aliphatic heterocycles. The Morgan fingerprint density at radius 2 is 1.74 bits per heavy atom. The van der Waals surface area contributed by atoms with Gasteiger partial charge in [-0.2, -0.15) is 0 Å². The minimum atomic E-state index is -0.504. The molecule has 2 aromatic rings. The van der Waals surface area contributed by atoms with Crippen molar-refractivity contribution in [3.05, 3.63) is 47.5 Å². The number of hydrogen-bond acceptors (Lipinski definition) is 2. The molecule has 0 aromatic heterocycles. The fraction of sp³-hybridized carbons (Fsp3) is 0.412. The van der Waals surface area contributed by atoms with Gasteiger partial charge in [0, 0.05) is 0 Å². The molecule has 0 saturated carbocycles. The Labute approximate surface area is 115 Å². The minimum absolute atomic E-state index is 0.204. The van der Waals surface area contributed by atoms with Crippen LogP contribution >= 0.6 is 0 Å². The summed E-state index contributed by atoms with van der Waals surface area (Å²) in [6.07, 6.45) is 0.426. The van der Waals surface area contributed by atoms with Gasteiger partial charge in [-0.25, -0.2) is 0 Å². The third kappa shape index (κ3) is 2.65. The minimum Gasteiger partial charge on any atom is -0.391 e. The standard InChI is InChI=1S/C17H23NO/c1-4-11(2)17(19)16(18)15-10-9-12(3)13-7-5-6-8-14(13)15/h5-11,16-17,19H,4,18H2,1-3H3/t11?,16-,17+/m1/s1. The number of aliphatic hydroxyl groups is 1. The topological polar surface area (TPSA) is 46.2 Å². The molecule has 3 atom stereocenters. The van der Waals surface area contributed by atoms with Crippen LogP contribution in [0.3, 0.4) is 0 Å². The van der Waals surface area contributed by atoms with E-state index < -0.39 is 6.10 Å². The molecule has 0 heterocycles. The molecular weight excluding hydrogens is 234 g/mol. The van der Waals surface area contributed by atoms with Crippen molar-refractivity contribution in [3.8, 4) is 0 Å². The number of aryl methyl sites for hydroxylation is 1. The van der Waals surface area contributed by atoms with E-state index >= 15 is 0 Å². The van der Waals surface area contributed by atoms with Gasteiger partial charge in [-0.05, 0) is 34.7 Å². The van der Waals surface area contributed by atoms with Crippen molar-refractivity contribution in [2.45, 2.75) is 39.3 Å². The van der Waals surface area contributed by atoms with Crippen LogP contribution in [0.2, 0.25) is 0 Å². The predicted octanol–water partition coefficient (Wildman–Crippen LogP) is 3.56. The Hall–Kier alpha value is -1.38. The molecule has 0 aliphatic carbocycles. The Bertz CT molecular complexity index is 564. The molecule has 2 heteroatoms. The van der Waals surface area contributed by atoms with E-state index in [1.807, 2.05) is 25.1 Å². The zero-order valence-corrected chi connectivity index (χ0v) is 11.9. The maximum Gasteiger partial charge on any atom is 0.0758 e. The largest absolute Gasteiger partial charge is 0.391 e. The quantitative estimate of drug-likeness (QED) is 0.879. The van der Waals surface area contributed by atoms with E-state index in [1.165, 1.54) is 10.9 Å². The number of hydrogen-bond donors (Lipinski definition) is 2. The second kappa shape index (κ2) is 5.72. The highest BCUT2D eigenvalue weighted by Crippen LogP contribution is 2.29. The van der Waals surface area contributed by atoms with Gasteiger partial charge in [-0.15, -0.1) is 0 Å². The molecule has 0 spiro atoms. The Balaban J connectivity index is 2.48. The third-order valence-corrected chi connectivity index (χ3v) is 4.13. The SMILES string of the molecule is CCC(C)[C@H](O)[C@H](N)c1ccc(C)c2ccccc12. The maximum atomic E-state index is 10.3. The van der Waals surface area contributed by atoms with Gasteiger partial charge in [0.2, 0.25) is 0 Å². The molecule has 2 rings (SSSR count). The first kappa shape index (κ1) is 14.0. The summed E-state index contributed by atoms with van der Waals surface area (Å²) in [5.41, 5.74) is 8.56. The lowest BCUT2D eigenvalue weighted by Gasteiger charge is -2.25. The van der Waals surface area contributed by atoms with E-state index in [9.17, 15) is 5.11 Å². The molecule has 0 radical (unpaired) electrons. The summed E-state index contributed by atoms with van der Waals surface area (Å²) < 4.78 is 0. The van der Waals surface area contributed by atoms with Crippen LogP contribution in [0, 0.1) is 12.8 Å². The van der Waals surface area contributed by atoms with Crippen LogP contribution in [-0.2, 0) is 0 Å². The average molecular weight is 257 g/mol. The van der Waals surface area contributed by atoms with E-state index in [0.29, 0.717) is 0 Å². The zero-order valence-electron chi connectivity index (χ0n) is 11.9. The smallest absolute Gasteiger partial charge is 0.0758 e. The normalized spacial score (nSPS) is 16.3. The van der Waals surface area contributed by atoms with Crippen molar-refractivity contribution < 1.29 is 5.11 Å². The average Bonchev–Trinajstić information content (AvgIpc) is 2.45. The van der Waals surface area contributed by atoms with Gasteiger partial charge < -0.3 is 10.8 Å². The molecule has 102 valence electrons. The molecule has 0 fully saturated rings.